The molecule has 4 aromatic rings. The molecule has 1 saturated heterocycles. The van der Waals surface area contributed by atoms with Crippen LogP contribution in [0.4, 0.5) is 4.79 Å². The zero-order valence-corrected chi connectivity index (χ0v) is 24.4. The average Bonchev–Trinajstić information content (AvgIpc) is 3.66. The van der Waals surface area contributed by atoms with Crippen LogP contribution in [0.3, 0.4) is 0 Å². The van der Waals surface area contributed by atoms with Crippen LogP contribution >= 0.6 is 0 Å². The summed E-state index contributed by atoms with van der Waals surface area (Å²) < 4.78 is 36.2. The van der Waals surface area contributed by atoms with E-state index in [1.807, 2.05) is 19.3 Å². The summed E-state index contributed by atoms with van der Waals surface area (Å²) in [5.41, 5.74) is 1.74. The first kappa shape index (κ1) is 28.3. The molecule has 3 aromatic heterocycles. The number of pyridine rings is 1. The van der Waals surface area contributed by atoms with Gasteiger partial charge in [-0.3, -0.25) is 14.4 Å². The third kappa shape index (κ3) is 5.83. The number of nitrogens with one attached hydrogen (secondary N) is 1. The third-order valence-corrected chi connectivity index (χ3v) is 8.65. The van der Waals surface area contributed by atoms with Gasteiger partial charge in [-0.25, -0.2) is 22.2 Å². The Morgan fingerprint density at radius 3 is 2.59 bits per heavy atom. The Morgan fingerprint density at radius 1 is 1.15 bits per heavy atom. The fourth-order valence-corrected chi connectivity index (χ4v) is 6.63. The van der Waals surface area contributed by atoms with Gasteiger partial charge in [-0.05, 0) is 63.4 Å². The quantitative estimate of drug-likeness (QED) is 0.354. The van der Waals surface area contributed by atoms with Gasteiger partial charge < -0.3 is 10.1 Å². The fraction of sp³-hybridized carbons (Fsp3) is 0.379. The lowest BCUT2D eigenvalue weighted by Gasteiger charge is -2.28. The minimum Gasteiger partial charge on any atom is -0.444 e. The molecule has 0 saturated carbocycles. The second-order valence-electron chi connectivity index (χ2n) is 11.1. The monoisotopic (exact) mass is 578 g/mol. The van der Waals surface area contributed by atoms with E-state index >= 15 is 0 Å². The number of hydrogen-bond acceptors (Lipinski definition) is 7. The molecule has 41 heavy (non-hydrogen) atoms. The van der Waals surface area contributed by atoms with Crippen LogP contribution in [0.15, 0.2) is 66.0 Å². The molecule has 1 aliphatic rings. The number of carbonyl (C=O) groups excluding carboxylic acids is 2. The number of benzene rings is 1. The highest BCUT2D eigenvalue weighted by molar-refractivity contribution is 7.90. The first-order chi connectivity index (χ1) is 19.5. The van der Waals surface area contributed by atoms with E-state index in [1.54, 1.807) is 74.2 Å². The van der Waals surface area contributed by atoms with Crippen molar-refractivity contribution in [1.29, 1.82) is 0 Å². The lowest BCUT2D eigenvalue weighted by atomic mass is 10.1. The molecule has 1 N–H and O–H groups in total. The summed E-state index contributed by atoms with van der Waals surface area (Å²) in [5.74, 6) is -0.295. The molecule has 1 atom stereocenters. The molecule has 216 valence electrons. The van der Waals surface area contributed by atoms with Gasteiger partial charge in [0.1, 0.15) is 11.6 Å². The van der Waals surface area contributed by atoms with Gasteiger partial charge >= 0.3 is 6.09 Å². The summed E-state index contributed by atoms with van der Waals surface area (Å²) >= 11 is 0. The first-order valence-corrected chi connectivity index (χ1v) is 15.0. The van der Waals surface area contributed by atoms with Crippen LogP contribution < -0.4 is 5.32 Å². The van der Waals surface area contributed by atoms with E-state index in [-0.39, 0.29) is 23.8 Å². The van der Waals surface area contributed by atoms with Crippen LogP contribution in [0.1, 0.15) is 39.3 Å². The molecular weight excluding hydrogens is 544 g/mol. The van der Waals surface area contributed by atoms with Crippen LogP contribution in [0.25, 0.3) is 22.2 Å². The van der Waals surface area contributed by atoms with Gasteiger partial charge in [-0.15, -0.1) is 0 Å². The summed E-state index contributed by atoms with van der Waals surface area (Å²) in [6, 6.07) is 11.2. The number of hydrogen-bond donors (Lipinski definition) is 1. The molecule has 0 radical (unpaired) electrons. The van der Waals surface area contributed by atoms with E-state index in [0.717, 1.165) is 11.1 Å². The highest BCUT2D eigenvalue weighted by Crippen LogP contribution is 2.32. The van der Waals surface area contributed by atoms with E-state index in [0.29, 0.717) is 36.1 Å². The van der Waals surface area contributed by atoms with Crippen LogP contribution in [-0.4, -0.2) is 68.8 Å². The Labute approximate surface area is 239 Å². The normalized spacial score (nSPS) is 15.8. The molecule has 5 rings (SSSR count). The molecule has 12 heteroatoms. The summed E-state index contributed by atoms with van der Waals surface area (Å²) in [4.78, 5) is 31.8. The maximum atomic E-state index is 13.9. The van der Waals surface area contributed by atoms with Gasteiger partial charge in [-0.1, -0.05) is 18.2 Å². The zero-order chi connectivity index (χ0) is 29.4. The Balaban J connectivity index is 1.44. The summed E-state index contributed by atoms with van der Waals surface area (Å²) in [5, 5.41) is 7.82. The standard InChI is InChI=1S/C29H34N6O5S/c1-29(2,3)40-28(37)34-16-8-11-25(34)27(36)31-14-12-21-17-24-23(20-18-32-33(4)19-20)13-15-30-26(24)35(21)41(38,39)22-9-6-5-7-10-22/h5-7,9-10,13,15,17-19,25H,8,11-12,14,16H2,1-4H3,(H,31,36)/t25-/m0/s1. The third-order valence-electron chi connectivity index (χ3n) is 6.89. The number of aromatic nitrogens is 4. The highest BCUT2D eigenvalue weighted by atomic mass is 32.2. The smallest absolute Gasteiger partial charge is 0.410 e. The molecule has 0 spiro atoms. The Bertz CT molecular complexity index is 1690. The van der Waals surface area contributed by atoms with Gasteiger partial charge in [0.2, 0.25) is 5.91 Å². The summed E-state index contributed by atoms with van der Waals surface area (Å²) in [6.07, 6.45) is 6.10. The van der Waals surface area contributed by atoms with E-state index in [1.165, 1.54) is 8.87 Å². The maximum Gasteiger partial charge on any atom is 0.410 e. The molecule has 0 aliphatic carbocycles. The Morgan fingerprint density at radius 2 is 1.90 bits per heavy atom. The number of nitrogens with zero attached hydrogens (tertiary/aromatic N) is 5. The number of carbonyl (C=O) groups is 2. The minimum absolute atomic E-state index is 0.135. The number of rotatable bonds is 7. The number of amides is 2. The van der Waals surface area contributed by atoms with Crippen molar-refractivity contribution in [3.63, 3.8) is 0 Å². The van der Waals surface area contributed by atoms with Crippen molar-refractivity contribution in [1.82, 2.24) is 29.0 Å². The molecular formula is C29H34N6O5S. The van der Waals surface area contributed by atoms with Gasteiger partial charge in [0.15, 0.2) is 5.65 Å². The van der Waals surface area contributed by atoms with Gasteiger partial charge in [0.25, 0.3) is 10.0 Å². The number of likely N-dealkylation sites (tertiary alicyclic amines) is 1. The predicted molar refractivity (Wildman–Crippen MR) is 154 cm³/mol. The summed E-state index contributed by atoms with van der Waals surface area (Å²) in [6.45, 7) is 5.97. The highest BCUT2D eigenvalue weighted by Gasteiger charge is 2.36. The van der Waals surface area contributed by atoms with Crippen molar-refractivity contribution >= 4 is 33.1 Å². The van der Waals surface area contributed by atoms with Crippen molar-refractivity contribution in [2.45, 2.75) is 56.6 Å². The first-order valence-electron chi connectivity index (χ1n) is 13.5. The molecule has 1 aliphatic heterocycles. The molecule has 0 unspecified atom stereocenters. The van der Waals surface area contributed by atoms with E-state index in [2.05, 4.69) is 15.4 Å². The van der Waals surface area contributed by atoms with Crippen LogP contribution in [0.2, 0.25) is 0 Å². The van der Waals surface area contributed by atoms with E-state index in [4.69, 9.17) is 4.74 Å². The SMILES string of the molecule is Cn1cc(-c2ccnc3c2cc(CCNC(=O)[C@@H]2CCCN2C(=O)OC(C)(C)C)n3S(=O)(=O)c2ccccc2)cn1. The molecule has 0 bridgehead atoms. The maximum absolute atomic E-state index is 13.9. The predicted octanol–water partition coefficient (Wildman–Crippen LogP) is 3.73. The average molecular weight is 579 g/mol. The van der Waals surface area contributed by atoms with Crippen molar-refractivity contribution in [2.24, 2.45) is 7.05 Å². The second-order valence-corrected chi connectivity index (χ2v) is 12.9. The Kier molecular flexibility index (Phi) is 7.60. The second kappa shape index (κ2) is 11.0. The van der Waals surface area contributed by atoms with Crippen LogP contribution in [-0.2, 0) is 33.0 Å². The topological polar surface area (TPSA) is 128 Å². The molecule has 4 heterocycles. The lowest BCUT2D eigenvalue weighted by molar-refractivity contribution is -0.125. The summed E-state index contributed by atoms with van der Waals surface area (Å²) in [7, 11) is -2.18. The van der Waals surface area contributed by atoms with Crippen LogP contribution in [0.5, 0.6) is 0 Å². The van der Waals surface area contributed by atoms with Crippen molar-refractivity contribution < 1.29 is 22.7 Å². The van der Waals surface area contributed by atoms with Gasteiger partial charge in [0.05, 0.1) is 11.1 Å². The van der Waals surface area contributed by atoms with Crippen LogP contribution in [0, 0.1) is 0 Å². The molecule has 1 aromatic carbocycles. The lowest BCUT2D eigenvalue weighted by Crippen LogP contribution is -2.47. The molecule has 11 nitrogen and oxygen atoms in total. The zero-order valence-electron chi connectivity index (χ0n) is 23.6. The molecule has 2 amide bonds. The largest absolute Gasteiger partial charge is 0.444 e. The number of fused-ring (bicyclic) bond motifs is 1. The van der Waals surface area contributed by atoms with Crippen molar-refractivity contribution in [3.05, 3.63) is 66.7 Å². The number of ether oxygens (including phenoxy) is 1. The molecule has 1 fully saturated rings. The van der Waals surface area contributed by atoms with Gasteiger partial charge in [0, 0.05) is 55.6 Å². The van der Waals surface area contributed by atoms with Gasteiger partial charge in [-0.2, -0.15) is 5.10 Å². The van der Waals surface area contributed by atoms with E-state index in [9.17, 15) is 18.0 Å². The number of aryl methyl sites for hydroxylation is 1. The Hall–Kier alpha value is -4.19. The van der Waals surface area contributed by atoms with Crippen molar-refractivity contribution in [3.8, 4) is 11.1 Å². The minimum atomic E-state index is -4.00. The van der Waals surface area contributed by atoms with Crippen molar-refractivity contribution in [2.75, 3.05) is 13.1 Å². The fourth-order valence-electron chi connectivity index (χ4n) is 5.09. The van der Waals surface area contributed by atoms with E-state index < -0.39 is 27.8 Å².